The van der Waals surface area contributed by atoms with Gasteiger partial charge in [-0.25, -0.2) is 18.4 Å². The Morgan fingerprint density at radius 2 is 1.06 bits per heavy atom. The second-order valence-electron chi connectivity index (χ2n) is 8.83. The zero-order chi connectivity index (χ0) is 24.9. The van der Waals surface area contributed by atoms with Crippen LogP contribution in [-0.4, -0.2) is 18.5 Å². The van der Waals surface area contributed by atoms with Crippen LogP contribution in [0.4, 0.5) is 8.78 Å². The molecule has 0 saturated carbocycles. The van der Waals surface area contributed by atoms with Crippen molar-refractivity contribution in [1.29, 1.82) is 0 Å². The molecule has 4 nitrogen and oxygen atoms in total. The number of hydrogen-bond acceptors (Lipinski definition) is 4. The van der Waals surface area contributed by atoms with E-state index < -0.39 is 23.6 Å². The Balaban J connectivity index is 1.91. The number of halogens is 2. The number of ether oxygens (including phenoxy) is 2. The summed E-state index contributed by atoms with van der Waals surface area (Å²) in [5, 5.41) is 0. The molecule has 0 spiro atoms. The lowest BCUT2D eigenvalue weighted by molar-refractivity contribution is -0.138. The molecule has 0 aliphatic rings. The number of carbonyl (C=O) groups excluding carboxylic acids is 2. The first kappa shape index (κ1) is 29.8. The first-order valence-electron chi connectivity index (χ1n) is 13.0. The molecule has 1 aromatic carbocycles. The number of carbonyl (C=O) groups is 2. The molecule has 0 N–H and O–H groups in total. The highest BCUT2D eigenvalue weighted by Crippen LogP contribution is 2.16. The molecule has 1 aromatic rings. The SMILES string of the molecule is CCCCCCCCCCCCCCCCCCOC(=O)/C=C/C(=O)Oc1cc(F)cc(F)c1. The Bertz CT molecular complexity index is 698. The van der Waals surface area contributed by atoms with Crippen molar-refractivity contribution in [2.45, 2.75) is 110 Å². The summed E-state index contributed by atoms with van der Waals surface area (Å²) < 4.78 is 35.9. The lowest BCUT2D eigenvalue weighted by Gasteiger charge is -2.04. The Morgan fingerprint density at radius 1 is 0.647 bits per heavy atom. The molecule has 34 heavy (non-hydrogen) atoms. The molecule has 0 aliphatic carbocycles. The molecule has 0 fully saturated rings. The Morgan fingerprint density at radius 3 is 1.53 bits per heavy atom. The zero-order valence-electron chi connectivity index (χ0n) is 20.8. The van der Waals surface area contributed by atoms with Gasteiger partial charge in [0.05, 0.1) is 6.61 Å². The van der Waals surface area contributed by atoms with Gasteiger partial charge in [0.15, 0.2) is 0 Å². The normalized spacial score (nSPS) is 11.1. The first-order chi connectivity index (χ1) is 16.5. The highest BCUT2D eigenvalue weighted by molar-refractivity contribution is 5.92. The number of benzene rings is 1. The van der Waals surface area contributed by atoms with E-state index in [0.29, 0.717) is 12.7 Å². The summed E-state index contributed by atoms with van der Waals surface area (Å²) in [5.74, 6) is -3.55. The third-order valence-electron chi connectivity index (χ3n) is 5.65. The van der Waals surface area contributed by atoms with E-state index in [4.69, 9.17) is 9.47 Å². The molecule has 0 heterocycles. The van der Waals surface area contributed by atoms with Crippen molar-refractivity contribution in [3.8, 4) is 5.75 Å². The molecule has 192 valence electrons. The van der Waals surface area contributed by atoms with E-state index in [0.717, 1.165) is 43.5 Å². The van der Waals surface area contributed by atoms with E-state index in [1.165, 1.54) is 83.5 Å². The van der Waals surface area contributed by atoms with Crippen LogP contribution in [0.15, 0.2) is 30.4 Å². The van der Waals surface area contributed by atoms with Crippen molar-refractivity contribution >= 4 is 11.9 Å². The third kappa shape index (κ3) is 17.3. The Hall–Kier alpha value is -2.24. The van der Waals surface area contributed by atoms with Crippen LogP contribution in [0.3, 0.4) is 0 Å². The van der Waals surface area contributed by atoms with Crippen LogP contribution in [0.5, 0.6) is 5.75 Å². The van der Waals surface area contributed by atoms with Gasteiger partial charge in [-0.15, -0.1) is 0 Å². The highest BCUT2D eigenvalue weighted by atomic mass is 19.1. The molecule has 0 radical (unpaired) electrons. The van der Waals surface area contributed by atoms with E-state index >= 15 is 0 Å². The maximum atomic E-state index is 13.1. The second-order valence-corrected chi connectivity index (χ2v) is 8.83. The summed E-state index contributed by atoms with van der Waals surface area (Å²) in [6.45, 7) is 2.55. The van der Waals surface area contributed by atoms with Crippen LogP contribution in [0.2, 0.25) is 0 Å². The molecule has 0 unspecified atom stereocenters. The first-order valence-corrected chi connectivity index (χ1v) is 13.0. The van der Waals surface area contributed by atoms with Crippen molar-refractivity contribution in [2.75, 3.05) is 6.61 Å². The fraction of sp³-hybridized carbons (Fsp3) is 0.643. The monoisotopic (exact) mass is 480 g/mol. The van der Waals surface area contributed by atoms with Gasteiger partial charge in [-0.3, -0.25) is 0 Å². The maximum Gasteiger partial charge on any atom is 0.336 e. The van der Waals surface area contributed by atoms with E-state index in [9.17, 15) is 18.4 Å². The summed E-state index contributed by atoms with van der Waals surface area (Å²) in [6.07, 6.45) is 22.2. The molecular formula is C28H42F2O4. The quantitative estimate of drug-likeness (QED) is 0.0816. The lowest BCUT2D eigenvalue weighted by atomic mass is 10.0. The van der Waals surface area contributed by atoms with Gasteiger partial charge in [0.25, 0.3) is 0 Å². The van der Waals surface area contributed by atoms with Crippen LogP contribution in [0, 0.1) is 11.6 Å². The standard InChI is InChI=1S/C28H42F2O4/c1-2-3-4-5-6-7-8-9-10-11-12-13-14-15-16-17-20-33-27(31)18-19-28(32)34-26-22-24(29)21-25(30)23-26/h18-19,21-23H,2-17,20H2,1H3/b19-18+. The summed E-state index contributed by atoms with van der Waals surface area (Å²) >= 11 is 0. The van der Waals surface area contributed by atoms with Crippen LogP contribution in [0.25, 0.3) is 0 Å². The van der Waals surface area contributed by atoms with Gasteiger partial charge in [0.1, 0.15) is 17.4 Å². The fourth-order valence-corrected chi connectivity index (χ4v) is 3.74. The summed E-state index contributed by atoms with van der Waals surface area (Å²) in [7, 11) is 0. The van der Waals surface area contributed by atoms with Gasteiger partial charge in [-0.1, -0.05) is 103 Å². The maximum absolute atomic E-state index is 13.1. The number of rotatable bonds is 20. The molecule has 6 heteroatoms. The second kappa shape index (κ2) is 20.2. The minimum atomic E-state index is -0.913. The van der Waals surface area contributed by atoms with Crippen LogP contribution < -0.4 is 4.74 Å². The van der Waals surface area contributed by atoms with E-state index in [-0.39, 0.29) is 5.75 Å². The van der Waals surface area contributed by atoms with Gasteiger partial charge in [0.2, 0.25) is 0 Å². The smallest absolute Gasteiger partial charge is 0.336 e. The van der Waals surface area contributed by atoms with Gasteiger partial charge >= 0.3 is 11.9 Å². The van der Waals surface area contributed by atoms with Crippen molar-refractivity contribution in [2.24, 2.45) is 0 Å². The molecule has 0 amide bonds. The van der Waals surface area contributed by atoms with E-state index in [2.05, 4.69) is 6.92 Å². The molecule has 0 aromatic heterocycles. The largest absolute Gasteiger partial charge is 0.463 e. The van der Waals surface area contributed by atoms with Crippen LogP contribution >= 0.6 is 0 Å². The molecule has 0 aliphatic heterocycles. The third-order valence-corrected chi connectivity index (χ3v) is 5.65. The van der Waals surface area contributed by atoms with Gasteiger partial charge in [-0.2, -0.15) is 0 Å². The molecule has 0 atom stereocenters. The summed E-state index contributed by atoms with van der Waals surface area (Å²) in [4.78, 5) is 23.2. The highest BCUT2D eigenvalue weighted by Gasteiger charge is 2.06. The van der Waals surface area contributed by atoms with Crippen molar-refractivity contribution in [1.82, 2.24) is 0 Å². The molecule has 0 saturated heterocycles. The summed E-state index contributed by atoms with van der Waals surface area (Å²) in [5.41, 5.74) is 0. The van der Waals surface area contributed by atoms with Crippen molar-refractivity contribution in [3.63, 3.8) is 0 Å². The average molecular weight is 481 g/mol. The molecule has 0 bridgehead atoms. The van der Waals surface area contributed by atoms with Gasteiger partial charge < -0.3 is 9.47 Å². The lowest BCUT2D eigenvalue weighted by Crippen LogP contribution is -2.07. The van der Waals surface area contributed by atoms with Gasteiger partial charge in [-0.05, 0) is 6.42 Å². The number of esters is 2. The van der Waals surface area contributed by atoms with Crippen LogP contribution in [0.1, 0.15) is 110 Å². The number of unbranched alkanes of at least 4 members (excludes halogenated alkanes) is 15. The Kier molecular flexibility index (Phi) is 17.7. The van der Waals surface area contributed by atoms with Crippen molar-refractivity contribution < 1.29 is 27.8 Å². The fourth-order valence-electron chi connectivity index (χ4n) is 3.74. The number of hydrogen-bond donors (Lipinski definition) is 0. The topological polar surface area (TPSA) is 52.6 Å². The predicted molar refractivity (Wildman–Crippen MR) is 132 cm³/mol. The average Bonchev–Trinajstić information content (AvgIpc) is 2.79. The molecule has 1 rings (SSSR count). The van der Waals surface area contributed by atoms with Crippen molar-refractivity contribution in [3.05, 3.63) is 42.0 Å². The minimum Gasteiger partial charge on any atom is -0.463 e. The van der Waals surface area contributed by atoms with E-state index in [1.54, 1.807) is 0 Å². The zero-order valence-corrected chi connectivity index (χ0v) is 20.8. The predicted octanol–water partition coefficient (Wildman–Crippen LogP) is 8.23. The van der Waals surface area contributed by atoms with E-state index in [1.807, 2.05) is 0 Å². The molecular weight excluding hydrogens is 438 g/mol. The summed E-state index contributed by atoms with van der Waals surface area (Å²) in [6, 6.07) is 2.43. The Labute approximate surface area is 204 Å². The van der Waals surface area contributed by atoms with Gasteiger partial charge in [0, 0.05) is 30.4 Å². The minimum absolute atomic E-state index is 0.270. The van der Waals surface area contributed by atoms with Crippen LogP contribution in [-0.2, 0) is 14.3 Å².